The highest BCUT2D eigenvalue weighted by Crippen LogP contribution is 2.07. The van der Waals surface area contributed by atoms with Gasteiger partial charge in [0.15, 0.2) is 0 Å². The van der Waals surface area contributed by atoms with Crippen LogP contribution in [0, 0.1) is 0 Å². The molecule has 1 aliphatic heterocycles. The summed E-state index contributed by atoms with van der Waals surface area (Å²) in [5.74, 6) is 0. The number of carbonyl (C=O) groups excluding carboxylic acids is 1. The lowest BCUT2D eigenvalue weighted by Crippen LogP contribution is -2.44. The third-order valence-electron chi connectivity index (χ3n) is 2.13. The topological polar surface area (TPSA) is 72.8 Å². The maximum atomic E-state index is 11.1. The molecule has 0 aliphatic carbocycles. The summed E-state index contributed by atoms with van der Waals surface area (Å²) in [5, 5.41) is 20.5. The molecule has 1 rings (SSSR count). The number of aliphatic hydroxyl groups excluding tert-OH is 2. The van der Waals surface area contributed by atoms with Crippen LogP contribution in [0.1, 0.15) is 6.92 Å². The predicted molar refractivity (Wildman–Crippen MR) is 42.7 cm³/mol. The fourth-order valence-corrected chi connectivity index (χ4v) is 1.24. The molecule has 2 unspecified atom stereocenters. The molecule has 0 spiro atoms. The molecule has 1 heterocycles. The van der Waals surface area contributed by atoms with Gasteiger partial charge in [-0.05, 0) is 6.92 Å². The van der Waals surface area contributed by atoms with Crippen LogP contribution in [0.15, 0.2) is 0 Å². The standard InChI is InChI=1S/C7H14N2O3/c1-5(6(11)4-10)9-3-2-8-7(9)12/h5-6,10-11H,2-4H2,1H3,(H,8,12). The Morgan fingerprint density at radius 1 is 1.75 bits per heavy atom. The Morgan fingerprint density at radius 2 is 2.42 bits per heavy atom. The molecule has 0 aromatic carbocycles. The van der Waals surface area contributed by atoms with Gasteiger partial charge in [0.2, 0.25) is 0 Å². The van der Waals surface area contributed by atoms with E-state index in [1.165, 1.54) is 4.90 Å². The van der Waals surface area contributed by atoms with Crippen molar-refractivity contribution in [2.45, 2.75) is 19.1 Å². The molecular weight excluding hydrogens is 160 g/mol. The molecule has 5 nitrogen and oxygen atoms in total. The molecule has 0 bridgehead atoms. The van der Waals surface area contributed by atoms with Crippen LogP contribution in [-0.2, 0) is 0 Å². The first kappa shape index (κ1) is 9.28. The van der Waals surface area contributed by atoms with Crippen LogP contribution in [0.5, 0.6) is 0 Å². The smallest absolute Gasteiger partial charge is 0.317 e. The molecule has 2 amide bonds. The molecule has 0 aromatic heterocycles. The monoisotopic (exact) mass is 174 g/mol. The zero-order valence-electron chi connectivity index (χ0n) is 7.03. The second kappa shape index (κ2) is 3.73. The highest BCUT2D eigenvalue weighted by Gasteiger charge is 2.28. The van der Waals surface area contributed by atoms with Gasteiger partial charge in [-0.15, -0.1) is 0 Å². The van der Waals surface area contributed by atoms with Crippen LogP contribution >= 0.6 is 0 Å². The number of urea groups is 1. The largest absolute Gasteiger partial charge is 0.394 e. The van der Waals surface area contributed by atoms with Crippen molar-refractivity contribution in [2.75, 3.05) is 19.7 Å². The van der Waals surface area contributed by atoms with E-state index in [9.17, 15) is 9.90 Å². The predicted octanol–water partition coefficient (Wildman–Crippen LogP) is -1.25. The maximum absolute atomic E-state index is 11.1. The Kier molecular flexibility index (Phi) is 2.88. The minimum atomic E-state index is -0.853. The van der Waals surface area contributed by atoms with E-state index in [0.29, 0.717) is 13.1 Å². The number of rotatable bonds is 3. The van der Waals surface area contributed by atoms with Crippen LogP contribution in [0.2, 0.25) is 0 Å². The van der Waals surface area contributed by atoms with Gasteiger partial charge < -0.3 is 20.4 Å². The van der Waals surface area contributed by atoms with Crippen molar-refractivity contribution in [1.29, 1.82) is 0 Å². The van der Waals surface area contributed by atoms with E-state index in [0.717, 1.165) is 0 Å². The summed E-state index contributed by atoms with van der Waals surface area (Å²) in [4.78, 5) is 12.6. The lowest BCUT2D eigenvalue weighted by atomic mass is 10.2. The average molecular weight is 174 g/mol. The van der Waals surface area contributed by atoms with E-state index < -0.39 is 6.10 Å². The Hall–Kier alpha value is -0.810. The SMILES string of the molecule is CC(C(O)CO)N1CCNC1=O. The Balaban J connectivity index is 2.51. The number of nitrogens with zero attached hydrogens (tertiary/aromatic N) is 1. The summed E-state index contributed by atoms with van der Waals surface area (Å²) < 4.78 is 0. The van der Waals surface area contributed by atoms with Gasteiger partial charge >= 0.3 is 6.03 Å². The van der Waals surface area contributed by atoms with Crippen LogP contribution < -0.4 is 5.32 Å². The molecule has 1 saturated heterocycles. The Bertz CT molecular complexity index is 174. The molecule has 0 radical (unpaired) electrons. The van der Waals surface area contributed by atoms with Gasteiger partial charge in [-0.2, -0.15) is 0 Å². The zero-order valence-corrected chi connectivity index (χ0v) is 7.03. The molecule has 1 aliphatic rings. The Labute approximate surface area is 71.0 Å². The van der Waals surface area contributed by atoms with Crippen LogP contribution in [0.25, 0.3) is 0 Å². The first-order chi connectivity index (χ1) is 5.66. The fourth-order valence-electron chi connectivity index (χ4n) is 1.24. The van der Waals surface area contributed by atoms with Gasteiger partial charge in [0, 0.05) is 13.1 Å². The van der Waals surface area contributed by atoms with Crippen LogP contribution in [0.4, 0.5) is 4.79 Å². The summed E-state index contributed by atoms with van der Waals surface area (Å²) >= 11 is 0. The van der Waals surface area contributed by atoms with Crippen molar-refractivity contribution < 1.29 is 15.0 Å². The normalized spacial score (nSPS) is 22.2. The number of aliphatic hydroxyl groups is 2. The summed E-state index contributed by atoms with van der Waals surface area (Å²) in [7, 11) is 0. The quantitative estimate of drug-likeness (QED) is 0.500. The highest BCUT2D eigenvalue weighted by molar-refractivity contribution is 5.76. The van der Waals surface area contributed by atoms with Crippen molar-refractivity contribution in [2.24, 2.45) is 0 Å². The average Bonchev–Trinajstić information content (AvgIpc) is 2.48. The van der Waals surface area contributed by atoms with E-state index >= 15 is 0 Å². The van der Waals surface area contributed by atoms with Crippen molar-refractivity contribution >= 4 is 6.03 Å². The number of carbonyl (C=O) groups is 1. The molecule has 70 valence electrons. The summed E-state index contributed by atoms with van der Waals surface area (Å²) in [6, 6.07) is -0.493. The summed E-state index contributed by atoms with van der Waals surface area (Å²) in [5.41, 5.74) is 0. The zero-order chi connectivity index (χ0) is 9.14. The third-order valence-corrected chi connectivity index (χ3v) is 2.13. The Morgan fingerprint density at radius 3 is 2.83 bits per heavy atom. The first-order valence-electron chi connectivity index (χ1n) is 4.00. The van der Waals surface area contributed by atoms with Gasteiger partial charge in [0.25, 0.3) is 0 Å². The number of amides is 2. The van der Waals surface area contributed by atoms with Crippen molar-refractivity contribution in [3.63, 3.8) is 0 Å². The highest BCUT2D eigenvalue weighted by atomic mass is 16.3. The van der Waals surface area contributed by atoms with Crippen LogP contribution in [0.3, 0.4) is 0 Å². The molecule has 5 heteroatoms. The van der Waals surface area contributed by atoms with Crippen molar-refractivity contribution in [3.8, 4) is 0 Å². The third kappa shape index (κ3) is 1.67. The number of hydrogen-bond acceptors (Lipinski definition) is 3. The van der Waals surface area contributed by atoms with Crippen LogP contribution in [-0.4, -0.2) is 53.0 Å². The summed E-state index contributed by atoms with van der Waals surface area (Å²) in [6.45, 7) is 2.61. The maximum Gasteiger partial charge on any atom is 0.317 e. The fraction of sp³-hybridized carbons (Fsp3) is 0.857. The van der Waals surface area contributed by atoms with Gasteiger partial charge in [-0.25, -0.2) is 4.79 Å². The second-order valence-corrected chi connectivity index (χ2v) is 2.92. The molecule has 0 aromatic rings. The molecule has 2 atom stereocenters. The molecule has 12 heavy (non-hydrogen) atoms. The first-order valence-corrected chi connectivity index (χ1v) is 4.00. The molecular formula is C7H14N2O3. The van der Waals surface area contributed by atoms with Gasteiger partial charge in [-0.1, -0.05) is 0 Å². The van der Waals surface area contributed by atoms with E-state index in [2.05, 4.69) is 5.32 Å². The lowest BCUT2D eigenvalue weighted by Gasteiger charge is -2.26. The number of hydrogen-bond donors (Lipinski definition) is 3. The van der Waals surface area contributed by atoms with Gasteiger partial charge in [-0.3, -0.25) is 0 Å². The molecule has 3 N–H and O–H groups in total. The van der Waals surface area contributed by atoms with Crippen molar-refractivity contribution in [1.82, 2.24) is 10.2 Å². The van der Waals surface area contributed by atoms with Gasteiger partial charge in [0.1, 0.15) is 0 Å². The lowest BCUT2D eigenvalue weighted by molar-refractivity contribution is 0.0375. The van der Waals surface area contributed by atoms with Crippen molar-refractivity contribution in [3.05, 3.63) is 0 Å². The van der Waals surface area contributed by atoms with E-state index in [-0.39, 0.29) is 18.7 Å². The molecule has 1 fully saturated rings. The van der Waals surface area contributed by atoms with E-state index in [1.54, 1.807) is 6.92 Å². The summed E-state index contributed by atoms with van der Waals surface area (Å²) in [6.07, 6.45) is -0.853. The molecule has 0 saturated carbocycles. The minimum Gasteiger partial charge on any atom is -0.394 e. The van der Waals surface area contributed by atoms with E-state index in [4.69, 9.17) is 5.11 Å². The minimum absolute atomic E-state index is 0.171. The van der Waals surface area contributed by atoms with Gasteiger partial charge in [0.05, 0.1) is 18.8 Å². The van der Waals surface area contributed by atoms with E-state index in [1.807, 2.05) is 0 Å². The number of nitrogens with one attached hydrogen (secondary N) is 1. The second-order valence-electron chi connectivity index (χ2n) is 2.92.